The van der Waals surface area contributed by atoms with E-state index >= 15 is 0 Å². The van der Waals surface area contributed by atoms with E-state index in [0.717, 1.165) is 23.4 Å². The molecule has 2 aromatic carbocycles. The van der Waals surface area contributed by atoms with Crippen molar-refractivity contribution in [1.29, 1.82) is 0 Å². The highest BCUT2D eigenvalue weighted by Gasteiger charge is 2.45. The summed E-state index contributed by atoms with van der Waals surface area (Å²) in [7, 11) is 4.04. The molecule has 2 atom stereocenters. The third-order valence-electron chi connectivity index (χ3n) is 4.13. The van der Waals surface area contributed by atoms with Gasteiger partial charge < -0.3 is 14.7 Å². The molecule has 0 aliphatic carbocycles. The van der Waals surface area contributed by atoms with Crippen LogP contribution in [-0.2, 0) is 5.60 Å². The highest BCUT2D eigenvalue weighted by Crippen LogP contribution is 2.44. The summed E-state index contributed by atoms with van der Waals surface area (Å²) in [6.07, 6.45) is 0. The van der Waals surface area contributed by atoms with Gasteiger partial charge in [-0.25, -0.2) is 0 Å². The Morgan fingerprint density at radius 1 is 1.10 bits per heavy atom. The van der Waals surface area contributed by atoms with E-state index in [1.807, 2.05) is 68.7 Å². The van der Waals surface area contributed by atoms with Crippen molar-refractivity contribution in [3.63, 3.8) is 0 Å². The van der Waals surface area contributed by atoms with Crippen molar-refractivity contribution >= 4 is 0 Å². The molecule has 0 amide bonds. The molecular weight excluding hydrogens is 262 g/mol. The van der Waals surface area contributed by atoms with Gasteiger partial charge in [0.15, 0.2) is 0 Å². The molecule has 0 saturated carbocycles. The van der Waals surface area contributed by atoms with E-state index in [1.165, 1.54) is 0 Å². The molecule has 3 heteroatoms. The SMILES string of the molecule is CN(C)C[C@H]1COc2ccccc2[C@@]1(O)c1ccccc1. The molecule has 1 N–H and O–H groups in total. The highest BCUT2D eigenvalue weighted by molar-refractivity contribution is 5.47. The van der Waals surface area contributed by atoms with E-state index in [1.54, 1.807) is 0 Å². The van der Waals surface area contributed by atoms with Crippen molar-refractivity contribution in [3.05, 3.63) is 65.7 Å². The predicted octanol–water partition coefficient (Wildman–Crippen LogP) is 2.49. The zero-order valence-corrected chi connectivity index (χ0v) is 12.5. The van der Waals surface area contributed by atoms with Crippen LogP contribution in [-0.4, -0.2) is 37.3 Å². The Bertz CT molecular complexity index is 612. The zero-order valence-electron chi connectivity index (χ0n) is 12.5. The highest BCUT2D eigenvalue weighted by atomic mass is 16.5. The Hall–Kier alpha value is -1.84. The van der Waals surface area contributed by atoms with Crippen LogP contribution in [0.2, 0.25) is 0 Å². The van der Waals surface area contributed by atoms with Gasteiger partial charge in [0.05, 0.1) is 6.61 Å². The molecule has 0 fully saturated rings. The van der Waals surface area contributed by atoms with Crippen LogP contribution in [0.25, 0.3) is 0 Å². The summed E-state index contributed by atoms with van der Waals surface area (Å²) in [5, 5.41) is 11.6. The van der Waals surface area contributed by atoms with E-state index in [4.69, 9.17) is 4.74 Å². The molecule has 21 heavy (non-hydrogen) atoms. The number of nitrogens with zero attached hydrogens (tertiary/aromatic N) is 1. The number of aliphatic hydroxyl groups is 1. The lowest BCUT2D eigenvalue weighted by molar-refractivity contribution is -0.0337. The molecule has 0 spiro atoms. The number of rotatable bonds is 3. The van der Waals surface area contributed by atoms with Gasteiger partial charge in [-0.1, -0.05) is 48.5 Å². The first-order valence-electron chi connectivity index (χ1n) is 7.27. The average Bonchev–Trinajstić information content (AvgIpc) is 2.51. The molecule has 1 aliphatic rings. The second-order valence-electron chi connectivity index (χ2n) is 5.90. The molecule has 0 saturated heterocycles. The quantitative estimate of drug-likeness (QED) is 0.939. The fourth-order valence-corrected chi connectivity index (χ4v) is 3.15. The van der Waals surface area contributed by atoms with Crippen molar-refractivity contribution in [2.75, 3.05) is 27.2 Å². The maximum absolute atomic E-state index is 11.6. The lowest BCUT2D eigenvalue weighted by Crippen LogP contribution is -2.47. The monoisotopic (exact) mass is 283 g/mol. The van der Waals surface area contributed by atoms with Crippen LogP contribution in [0.1, 0.15) is 11.1 Å². The van der Waals surface area contributed by atoms with Gasteiger partial charge in [0, 0.05) is 18.0 Å². The standard InChI is InChI=1S/C18H21NO2/c1-19(2)12-15-13-21-17-11-7-6-10-16(17)18(15,20)14-8-4-3-5-9-14/h3-11,15,20H,12-13H2,1-2H3/t15-,18+/m0/s1. The minimum Gasteiger partial charge on any atom is -0.493 e. The summed E-state index contributed by atoms with van der Waals surface area (Å²) in [4.78, 5) is 2.09. The number of hydrogen-bond acceptors (Lipinski definition) is 3. The minimum atomic E-state index is -1.01. The maximum Gasteiger partial charge on any atom is 0.125 e. The van der Waals surface area contributed by atoms with Crippen molar-refractivity contribution in [2.45, 2.75) is 5.60 Å². The van der Waals surface area contributed by atoms with Crippen LogP contribution < -0.4 is 4.74 Å². The lowest BCUT2D eigenvalue weighted by atomic mass is 9.74. The average molecular weight is 283 g/mol. The van der Waals surface area contributed by atoms with Crippen LogP contribution in [0.5, 0.6) is 5.75 Å². The van der Waals surface area contributed by atoms with Gasteiger partial charge in [0.2, 0.25) is 0 Å². The summed E-state index contributed by atoms with van der Waals surface area (Å²) in [5.74, 6) is 0.767. The van der Waals surface area contributed by atoms with E-state index < -0.39 is 5.60 Å². The third-order valence-corrected chi connectivity index (χ3v) is 4.13. The normalized spacial score (nSPS) is 24.5. The van der Waals surface area contributed by atoms with Gasteiger partial charge in [-0.2, -0.15) is 0 Å². The van der Waals surface area contributed by atoms with Crippen LogP contribution in [0.3, 0.4) is 0 Å². The minimum absolute atomic E-state index is 0.00944. The summed E-state index contributed by atoms with van der Waals surface area (Å²) in [6.45, 7) is 1.28. The Morgan fingerprint density at radius 2 is 1.76 bits per heavy atom. The van der Waals surface area contributed by atoms with E-state index in [2.05, 4.69) is 4.90 Å². The van der Waals surface area contributed by atoms with Gasteiger partial charge in [-0.15, -0.1) is 0 Å². The van der Waals surface area contributed by atoms with E-state index in [-0.39, 0.29) is 5.92 Å². The van der Waals surface area contributed by atoms with Crippen LogP contribution in [0.15, 0.2) is 54.6 Å². The molecule has 0 aromatic heterocycles. The molecule has 3 rings (SSSR count). The smallest absolute Gasteiger partial charge is 0.125 e. The molecule has 0 bridgehead atoms. The molecule has 1 heterocycles. The van der Waals surface area contributed by atoms with Crippen LogP contribution >= 0.6 is 0 Å². The number of ether oxygens (including phenoxy) is 1. The van der Waals surface area contributed by atoms with Crippen molar-refractivity contribution in [3.8, 4) is 5.75 Å². The number of benzene rings is 2. The number of fused-ring (bicyclic) bond motifs is 1. The number of para-hydroxylation sites is 1. The summed E-state index contributed by atoms with van der Waals surface area (Å²) in [6, 6.07) is 17.7. The van der Waals surface area contributed by atoms with E-state index in [9.17, 15) is 5.11 Å². The molecule has 3 nitrogen and oxygen atoms in total. The molecule has 0 radical (unpaired) electrons. The number of hydrogen-bond donors (Lipinski definition) is 1. The van der Waals surface area contributed by atoms with Crippen molar-refractivity contribution in [2.24, 2.45) is 5.92 Å². The van der Waals surface area contributed by atoms with Gasteiger partial charge in [-0.05, 0) is 25.7 Å². The topological polar surface area (TPSA) is 32.7 Å². The fourth-order valence-electron chi connectivity index (χ4n) is 3.15. The summed E-state index contributed by atoms with van der Waals surface area (Å²) in [5.41, 5.74) is 0.766. The summed E-state index contributed by atoms with van der Waals surface area (Å²) >= 11 is 0. The Balaban J connectivity index is 2.14. The van der Waals surface area contributed by atoms with E-state index in [0.29, 0.717) is 6.61 Å². The van der Waals surface area contributed by atoms with Crippen LogP contribution in [0.4, 0.5) is 0 Å². The Kier molecular flexibility index (Phi) is 3.70. The first kappa shape index (κ1) is 14.1. The molecule has 0 unspecified atom stereocenters. The van der Waals surface area contributed by atoms with Gasteiger partial charge in [0.1, 0.15) is 11.4 Å². The predicted molar refractivity (Wildman–Crippen MR) is 83.4 cm³/mol. The fraction of sp³-hybridized carbons (Fsp3) is 0.333. The molecule has 1 aliphatic heterocycles. The molecular formula is C18H21NO2. The third kappa shape index (κ3) is 2.43. The first-order valence-corrected chi connectivity index (χ1v) is 7.27. The largest absolute Gasteiger partial charge is 0.493 e. The summed E-state index contributed by atoms with van der Waals surface area (Å²) < 4.78 is 5.87. The Morgan fingerprint density at radius 3 is 2.48 bits per heavy atom. The molecule has 110 valence electrons. The van der Waals surface area contributed by atoms with Crippen molar-refractivity contribution in [1.82, 2.24) is 4.90 Å². The van der Waals surface area contributed by atoms with Crippen molar-refractivity contribution < 1.29 is 9.84 Å². The van der Waals surface area contributed by atoms with Gasteiger partial charge in [-0.3, -0.25) is 0 Å². The van der Waals surface area contributed by atoms with Crippen LogP contribution in [0, 0.1) is 5.92 Å². The lowest BCUT2D eigenvalue weighted by Gasteiger charge is -2.42. The Labute approximate surface area is 125 Å². The van der Waals surface area contributed by atoms with Gasteiger partial charge >= 0.3 is 0 Å². The maximum atomic E-state index is 11.6. The first-order chi connectivity index (χ1) is 10.1. The molecule has 2 aromatic rings. The zero-order chi connectivity index (χ0) is 14.9. The van der Waals surface area contributed by atoms with Gasteiger partial charge in [0.25, 0.3) is 0 Å². The second kappa shape index (κ2) is 5.51. The second-order valence-corrected chi connectivity index (χ2v) is 5.90.